The van der Waals surface area contributed by atoms with Crippen molar-refractivity contribution in [2.45, 2.75) is 32.2 Å². The summed E-state index contributed by atoms with van der Waals surface area (Å²) in [7, 11) is 0. The van der Waals surface area contributed by atoms with E-state index in [1.54, 1.807) is 22.9 Å². The third kappa shape index (κ3) is 4.09. The number of piperidine rings is 1. The molecule has 1 fully saturated rings. The molecule has 2 aromatic rings. The van der Waals surface area contributed by atoms with E-state index in [9.17, 15) is 14.4 Å². The molecule has 4 rings (SSSR count). The molecule has 2 aromatic heterocycles. The van der Waals surface area contributed by atoms with Gasteiger partial charge in [0.1, 0.15) is 0 Å². The smallest absolute Gasteiger partial charge is 0.309 e. The summed E-state index contributed by atoms with van der Waals surface area (Å²) >= 11 is 1.40. The van der Waals surface area contributed by atoms with Crippen LogP contribution in [0, 0.1) is 5.92 Å². The summed E-state index contributed by atoms with van der Waals surface area (Å²) in [6.45, 7) is 3.97. The lowest BCUT2D eigenvalue weighted by Crippen LogP contribution is -2.48. The third-order valence-corrected chi connectivity index (χ3v) is 6.62. The second-order valence-corrected chi connectivity index (χ2v) is 8.56. The van der Waals surface area contributed by atoms with Gasteiger partial charge in [-0.05, 0) is 42.8 Å². The molecule has 4 heterocycles. The SMILES string of the molecule is CCOC(=O)C1CCN(C(=O)C2CN(C(=O)c3cccs3)Cc3cccnc32)CC1. The molecule has 1 saturated heterocycles. The number of fused-ring (bicyclic) bond motifs is 1. The minimum absolute atomic E-state index is 0.0269. The van der Waals surface area contributed by atoms with Gasteiger partial charge in [-0.2, -0.15) is 0 Å². The molecular weight excluding hydrogens is 402 g/mol. The van der Waals surface area contributed by atoms with E-state index in [2.05, 4.69) is 4.98 Å². The predicted molar refractivity (Wildman–Crippen MR) is 112 cm³/mol. The second-order valence-electron chi connectivity index (χ2n) is 7.61. The monoisotopic (exact) mass is 427 g/mol. The number of thiophene rings is 1. The highest BCUT2D eigenvalue weighted by Gasteiger charge is 2.38. The van der Waals surface area contributed by atoms with Crippen LogP contribution in [-0.2, 0) is 20.9 Å². The van der Waals surface area contributed by atoms with Gasteiger partial charge in [0, 0.05) is 32.4 Å². The minimum atomic E-state index is -0.488. The summed E-state index contributed by atoms with van der Waals surface area (Å²) in [6.07, 6.45) is 2.90. The predicted octanol–water partition coefficient (Wildman–Crippen LogP) is 2.68. The minimum Gasteiger partial charge on any atom is -0.466 e. The van der Waals surface area contributed by atoms with Crippen molar-refractivity contribution in [3.63, 3.8) is 0 Å². The molecule has 1 atom stereocenters. The molecule has 0 bridgehead atoms. The maximum Gasteiger partial charge on any atom is 0.309 e. The van der Waals surface area contributed by atoms with Crippen molar-refractivity contribution in [3.8, 4) is 0 Å². The van der Waals surface area contributed by atoms with E-state index in [0.717, 1.165) is 11.3 Å². The Balaban J connectivity index is 1.50. The number of rotatable bonds is 4. The summed E-state index contributed by atoms with van der Waals surface area (Å²) < 4.78 is 5.12. The number of likely N-dealkylation sites (tertiary alicyclic amines) is 1. The van der Waals surface area contributed by atoms with Gasteiger partial charge in [-0.15, -0.1) is 11.3 Å². The zero-order chi connectivity index (χ0) is 21.1. The lowest BCUT2D eigenvalue weighted by Gasteiger charge is -2.37. The first-order valence-electron chi connectivity index (χ1n) is 10.3. The largest absolute Gasteiger partial charge is 0.466 e. The Morgan fingerprint density at radius 1 is 1.17 bits per heavy atom. The summed E-state index contributed by atoms with van der Waals surface area (Å²) in [5, 5.41) is 1.88. The van der Waals surface area contributed by atoms with Gasteiger partial charge in [-0.3, -0.25) is 19.4 Å². The van der Waals surface area contributed by atoms with Gasteiger partial charge < -0.3 is 14.5 Å². The molecule has 0 N–H and O–H groups in total. The zero-order valence-electron chi connectivity index (χ0n) is 17.0. The van der Waals surface area contributed by atoms with Gasteiger partial charge in [-0.25, -0.2) is 0 Å². The maximum absolute atomic E-state index is 13.4. The van der Waals surface area contributed by atoms with E-state index < -0.39 is 5.92 Å². The fraction of sp³-hybridized carbons (Fsp3) is 0.455. The van der Waals surface area contributed by atoms with Crippen molar-refractivity contribution >= 4 is 29.1 Å². The number of carbonyl (C=O) groups excluding carboxylic acids is 3. The number of aromatic nitrogens is 1. The van der Waals surface area contributed by atoms with Crippen LogP contribution in [0.25, 0.3) is 0 Å². The van der Waals surface area contributed by atoms with Crippen molar-refractivity contribution in [1.82, 2.24) is 14.8 Å². The standard InChI is InChI=1S/C22H25N3O4S/c1-2-29-22(28)15-7-10-24(11-8-15)20(26)17-14-25(21(27)18-6-4-12-30-18)13-16-5-3-9-23-19(16)17/h3-6,9,12,15,17H,2,7-8,10-11,13-14H2,1H3. The van der Waals surface area contributed by atoms with Crippen molar-refractivity contribution < 1.29 is 19.1 Å². The van der Waals surface area contributed by atoms with E-state index >= 15 is 0 Å². The van der Waals surface area contributed by atoms with E-state index in [4.69, 9.17) is 4.74 Å². The summed E-state index contributed by atoms with van der Waals surface area (Å²) in [4.78, 5) is 47.0. The van der Waals surface area contributed by atoms with Gasteiger partial charge in [0.25, 0.3) is 5.91 Å². The molecule has 8 heteroatoms. The first-order valence-corrected chi connectivity index (χ1v) is 11.2. The highest BCUT2D eigenvalue weighted by Crippen LogP contribution is 2.31. The molecule has 0 aromatic carbocycles. The number of nitrogens with zero attached hydrogens (tertiary/aromatic N) is 3. The van der Waals surface area contributed by atoms with Crippen LogP contribution in [0.2, 0.25) is 0 Å². The number of amides is 2. The summed E-state index contributed by atoms with van der Waals surface area (Å²) in [5.41, 5.74) is 1.67. The zero-order valence-corrected chi connectivity index (χ0v) is 17.8. The molecule has 2 amide bonds. The highest BCUT2D eigenvalue weighted by atomic mass is 32.1. The van der Waals surface area contributed by atoms with Crippen LogP contribution in [0.4, 0.5) is 0 Å². The number of pyridine rings is 1. The third-order valence-electron chi connectivity index (χ3n) is 5.76. The number of carbonyl (C=O) groups is 3. The van der Waals surface area contributed by atoms with Crippen LogP contribution in [0.15, 0.2) is 35.8 Å². The van der Waals surface area contributed by atoms with Crippen LogP contribution < -0.4 is 0 Å². The molecule has 30 heavy (non-hydrogen) atoms. The molecular formula is C22H25N3O4S. The molecule has 158 valence electrons. The van der Waals surface area contributed by atoms with E-state index in [-0.39, 0.29) is 23.7 Å². The Hall–Kier alpha value is -2.74. The number of ether oxygens (including phenoxy) is 1. The first kappa shape index (κ1) is 20.5. The number of hydrogen-bond acceptors (Lipinski definition) is 6. The molecule has 2 aliphatic heterocycles. The summed E-state index contributed by atoms with van der Waals surface area (Å²) in [5.74, 6) is -0.901. The number of hydrogen-bond donors (Lipinski definition) is 0. The molecule has 1 unspecified atom stereocenters. The van der Waals surface area contributed by atoms with Gasteiger partial charge >= 0.3 is 5.97 Å². The summed E-state index contributed by atoms with van der Waals surface area (Å²) in [6, 6.07) is 7.43. The van der Waals surface area contributed by atoms with Gasteiger partial charge in [-0.1, -0.05) is 12.1 Å². The van der Waals surface area contributed by atoms with Crippen LogP contribution in [0.1, 0.15) is 46.6 Å². The molecule has 7 nitrogen and oxygen atoms in total. The fourth-order valence-corrected chi connectivity index (χ4v) is 4.89. The lowest BCUT2D eigenvalue weighted by atomic mass is 9.91. The maximum atomic E-state index is 13.4. The van der Waals surface area contributed by atoms with Crippen LogP contribution in [0.3, 0.4) is 0 Å². The average Bonchev–Trinajstić information content (AvgIpc) is 3.32. The fourth-order valence-electron chi connectivity index (χ4n) is 4.20. The normalized spacial score (nSPS) is 19.3. The Kier molecular flexibility index (Phi) is 6.13. The van der Waals surface area contributed by atoms with Crippen molar-refractivity contribution in [3.05, 3.63) is 52.0 Å². The van der Waals surface area contributed by atoms with Gasteiger partial charge in [0.05, 0.1) is 29.0 Å². The van der Waals surface area contributed by atoms with Gasteiger partial charge in [0.15, 0.2) is 0 Å². The molecule has 2 aliphatic rings. The average molecular weight is 428 g/mol. The highest BCUT2D eigenvalue weighted by molar-refractivity contribution is 7.12. The second kappa shape index (κ2) is 8.95. The van der Waals surface area contributed by atoms with E-state index in [0.29, 0.717) is 50.5 Å². The first-order chi connectivity index (χ1) is 14.6. The van der Waals surface area contributed by atoms with E-state index in [1.165, 1.54) is 11.3 Å². The molecule has 0 radical (unpaired) electrons. The molecule has 0 saturated carbocycles. The quantitative estimate of drug-likeness (QED) is 0.701. The Labute approximate surface area is 179 Å². The van der Waals surface area contributed by atoms with Crippen LogP contribution in [-0.4, -0.2) is 58.8 Å². The van der Waals surface area contributed by atoms with Crippen LogP contribution in [0.5, 0.6) is 0 Å². The Bertz CT molecular complexity index is 922. The van der Waals surface area contributed by atoms with Crippen molar-refractivity contribution in [1.29, 1.82) is 0 Å². The lowest BCUT2D eigenvalue weighted by molar-refractivity contribution is -0.151. The molecule has 0 spiro atoms. The van der Waals surface area contributed by atoms with Crippen molar-refractivity contribution in [2.24, 2.45) is 5.92 Å². The van der Waals surface area contributed by atoms with Crippen molar-refractivity contribution in [2.75, 3.05) is 26.2 Å². The van der Waals surface area contributed by atoms with Gasteiger partial charge in [0.2, 0.25) is 5.91 Å². The number of esters is 1. The van der Waals surface area contributed by atoms with E-state index in [1.807, 2.05) is 29.6 Å². The Morgan fingerprint density at radius 3 is 2.67 bits per heavy atom. The molecule has 0 aliphatic carbocycles. The van der Waals surface area contributed by atoms with Crippen LogP contribution >= 0.6 is 11.3 Å². The topological polar surface area (TPSA) is 79.8 Å². The Morgan fingerprint density at radius 2 is 1.97 bits per heavy atom.